The fourth-order valence-corrected chi connectivity index (χ4v) is 4.03. The van der Waals surface area contributed by atoms with Crippen molar-refractivity contribution in [3.05, 3.63) is 0 Å². The van der Waals surface area contributed by atoms with Crippen LogP contribution < -0.4 is 0 Å². The normalized spacial score (nSPS) is 27.4. The third-order valence-corrected chi connectivity index (χ3v) is 5.03. The van der Waals surface area contributed by atoms with Gasteiger partial charge in [-0.05, 0) is 52.2 Å². The molecule has 2 atom stereocenters. The van der Waals surface area contributed by atoms with Crippen molar-refractivity contribution in [2.75, 3.05) is 12.3 Å². The number of thioether (sulfide) groups is 1. The first-order chi connectivity index (χ1) is 9.38. The monoisotopic (exact) mass is 299 g/mol. The highest BCUT2D eigenvalue weighted by atomic mass is 32.2. The Morgan fingerprint density at radius 2 is 1.90 bits per heavy atom. The lowest BCUT2D eigenvalue weighted by Gasteiger charge is -2.31. The van der Waals surface area contributed by atoms with Crippen molar-refractivity contribution in [2.45, 2.75) is 69.8 Å². The lowest BCUT2D eigenvalue weighted by atomic mass is 10.1. The van der Waals surface area contributed by atoms with E-state index in [1.54, 1.807) is 16.7 Å². The van der Waals surface area contributed by atoms with Crippen molar-refractivity contribution >= 4 is 23.6 Å². The van der Waals surface area contributed by atoms with Gasteiger partial charge in [-0.3, -0.25) is 4.79 Å². The number of carbonyl (C=O) groups is 2. The van der Waals surface area contributed by atoms with Gasteiger partial charge in [0.15, 0.2) is 0 Å². The van der Waals surface area contributed by atoms with Gasteiger partial charge in [0, 0.05) is 6.54 Å². The second-order valence-electron chi connectivity index (χ2n) is 6.58. The Morgan fingerprint density at radius 1 is 1.15 bits per heavy atom. The summed E-state index contributed by atoms with van der Waals surface area (Å²) in [5.41, 5.74) is -0.492. The molecule has 0 spiro atoms. The quantitative estimate of drug-likeness (QED) is 0.735. The Bertz CT molecular complexity index is 372. The number of hydrogen-bond donors (Lipinski definition) is 0. The summed E-state index contributed by atoms with van der Waals surface area (Å²) in [4.78, 5) is 26.6. The summed E-state index contributed by atoms with van der Waals surface area (Å²) in [5.74, 6) is 0.952. The molecule has 2 fully saturated rings. The highest BCUT2D eigenvalue weighted by molar-refractivity contribution is 8.00. The molecule has 0 bridgehead atoms. The molecule has 1 unspecified atom stereocenters. The molecule has 2 aliphatic heterocycles. The maximum atomic E-state index is 12.6. The Balaban J connectivity index is 1.99. The highest BCUT2D eigenvalue weighted by Gasteiger charge is 2.39. The molecule has 20 heavy (non-hydrogen) atoms. The van der Waals surface area contributed by atoms with Crippen molar-refractivity contribution in [3.8, 4) is 0 Å². The van der Waals surface area contributed by atoms with E-state index in [1.807, 2.05) is 20.8 Å². The van der Waals surface area contributed by atoms with E-state index >= 15 is 0 Å². The van der Waals surface area contributed by atoms with Gasteiger partial charge >= 0.3 is 5.97 Å². The average molecular weight is 299 g/mol. The van der Waals surface area contributed by atoms with Crippen molar-refractivity contribution < 1.29 is 14.3 Å². The van der Waals surface area contributed by atoms with E-state index in [9.17, 15) is 9.59 Å². The number of ether oxygens (including phenoxy) is 1. The molecular weight excluding hydrogens is 274 g/mol. The Hall–Kier alpha value is -0.710. The molecule has 0 saturated carbocycles. The van der Waals surface area contributed by atoms with Crippen LogP contribution in [-0.4, -0.2) is 46.0 Å². The third kappa shape index (κ3) is 3.90. The van der Waals surface area contributed by atoms with Crippen molar-refractivity contribution in [1.29, 1.82) is 0 Å². The van der Waals surface area contributed by atoms with Crippen LogP contribution in [0.15, 0.2) is 0 Å². The number of carbonyl (C=O) groups excluding carboxylic acids is 2. The zero-order valence-electron chi connectivity index (χ0n) is 12.7. The summed E-state index contributed by atoms with van der Waals surface area (Å²) in [6.45, 7) is 6.29. The van der Waals surface area contributed by atoms with Crippen LogP contribution in [0.4, 0.5) is 0 Å². The maximum absolute atomic E-state index is 12.6. The fourth-order valence-electron chi connectivity index (χ4n) is 2.77. The minimum absolute atomic E-state index is 0.0480. The summed E-state index contributed by atoms with van der Waals surface area (Å²) in [6.07, 6.45) is 4.89. The Morgan fingerprint density at radius 3 is 2.50 bits per heavy atom. The van der Waals surface area contributed by atoms with E-state index in [2.05, 4.69) is 0 Å². The number of esters is 1. The smallest absolute Gasteiger partial charge is 0.329 e. The van der Waals surface area contributed by atoms with Crippen LogP contribution in [0.2, 0.25) is 0 Å². The summed E-state index contributed by atoms with van der Waals surface area (Å²) in [6, 6.07) is -0.371. The van der Waals surface area contributed by atoms with E-state index < -0.39 is 5.60 Å². The molecule has 2 saturated heterocycles. The highest BCUT2D eigenvalue weighted by Crippen LogP contribution is 2.30. The third-order valence-electron chi connectivity index (χ3n) is 3.67. The molecule has 1 amide bonds. The van der Waals surface area contributed by atoms with Gasteiger partial charge in [0.1, 0.15) is 11.6 Å². The maximum Gasteiger partial charge on any atom is 0.329 e. The molecule has 0 aliphatic carbocycles. The minimum atomic E-state index is -0.492. The van der Waals surface area contributed by atoms with Crippen molar-refractivity contribution in [3.63, 3.8) is 0 Å². The van der Waals surface area contributed by atoms with Gasteiger partial charge in [-0.25, -0.2) is 4.79 Å². The lowest BCUT2D eigenvalue weighted by molar-refractivity contribution is -0.163. The second kappa shape index (κ2) is 6.37. The number of hydrogen-bond acceptors (Lipinski definition) is 4. The first kappa shape index (κ1) is 15.7. The molecule has 2 aliphatic rings. The van der Waals surface area contributed by atoms with Crippen molar-refractivity contribution in [2.24, 2.45) is 0 Å². The summed E-state index contributed by atoms with van der Waals surface area (Å²) in [7, 11) is 0. The summed E-state index contributed by atoms with van der Waals surface area (Å²) >= 11 is 1.74. The van der Waals surface area contributed by atoms with Crippen LogP contribution in [0.25, 0.3) is 0 Å². The number of likely N-dealkylation sites (tertiary alicyclic amines) is 1. The lowest BCUT2D eigenvalue weighted by Crippen LogP contribution is -2.47. The Labute approximate surface area is 125 Å². The van der Waals surface area contributed by atoms with E-state index in [-0.39, 0.29) is 23.2 Å². The van der Waals surface area contributed by atoms with Crippen LogP contribution in [0.1, 0.15) is 52.9 Å². The molecule has 4 nitrogen and oxygen atoms in total. The number of amides is 1. The summed E-state index contributed by atoms with van der Waals surface area (Å²) < 4.78 is 5.45. The van der Waals surface area contributed by atoms with Crippen LogP contribution in [0.3, 0.4) is 0 Å². The van der Waals surface area contributed by atoms with Crippen LogP contribution in [0.5, 0.6) is 0 Å². The van der Waals surface area contributed by atoms with E-state index in [1.165, 1.54) is 6.42 Å². The van der Waals surface area contributed by atoms with E-state index in [0.717, 1.165) is 31.4 Å². The predicted molar refractivity (Wildman–Crippen MR) is 80.7 cm³/mol. The number of rotatable bonds is 2. The first-order valence-electron chi connectivity index (χ1n) is 7.53. The van der Waals surface area contributed by atoms with Gasteiger partial charge in [-0.1, -0.05) is 6.42 Å². The molecule has 0 aromatic heterocycles. The van der Waals surface area contributed by atoms with E-state index in [0.29, 0.717) is 6.54 Å². The van der Waals surface area contributed by atoms with Gasteiger partial charge in [0.05, 0.1) is 5.25 Å². The van der Waals surface area contributed by atoms with Crippen LogP contribution in [0, 0.1) is 0 Å². The van der Waals surface area contributed by atoms with Gasteiger partial charge in [0.25, 0.3) is 0 Å². The largest absolute Gasteiger partial charge is 0.458 e. The number of nitrogens with zero attached hydrogens (tertiary/aromatic N) is 1. The molecule has 2 rings (SSSR count). The van der Waals surface area contributed by atoms with Gasteiger partial charge < -0.3 is 9.64 Å². The minimum Gasteiger partial charge on any atom is -0.458 e. The van der Waals surface area contributed by atoms with Crippen LogP contribution in [-0.2, 0) is 14.3 Å². The molecule has 114 valence electrons. The topological polar surface area (TPSA) is 46.6 Å². The molecule has 0 radical (unpaired) electrons. The summed E-state index contributed by atoms with van der Waals surface area (Å²) in [5, 5.41) is 0.0480. The van der Waals surface area contributed by atoms with Gasteiger partial charge in [-0.15, -0.1) is 11.8 Å². The second-order valence-corrected chi connectivity index (χ2v) is 7.89. The zero-order valence-corrected chi connectivity index (χ0v) is 13.5. The first-order valence-corrected chi connectivity index (χ1v) is 8.58. The molecular formula is C15H25NO3S. The molecule has 0 N–H and O–H groups in total. The fraction of sp³-hybridized carbons (Fsp3) is 0.867. The Kier molecular flexibility index (Phi) is 4.99. The molecule has 2 heterocycles. The standard InChI is InChI=1S/C15H25NO3S/c1-15(2,3)19-14(18)11-7-6-9-16(11)13(17)12-8-4-5-10-20-12/h11-12H,4-10H2,1-3H3/t11-,12?/m0/s1. The average Bonchev–Trinajstić information content (AvgIpc) is 2.86. The molecule has 0 aromatic carbocycles. The van der Waals surface area contributed by atoms with Gasteiger partial charge in [-0.2, -0.15) is 0 Å². The van der Waals surface area contributed by atoms with Gasteiger partial charge in [0.2, 0.25) is 5.91 Å². The SMILES string of the molecule is CC(C)(C)OC(=O)[C@@H]1CCCN1C(=O)C1CCCCS1. The van der Waals surface area contributed by atoms with Crippen LogP contribution >= 0.6 is 11.8 Å². The van der Waals surface area contributed by atoms with E-state index in [4.69, 9.17) is 4.74 Å². The molecule has 0 aromatic rings. The molecule has 5 heteroatoms. The van der Waals surface area contributed by atoms with Crippen molar-refractivity contribution in [1.82, 2.24) is 4.90 Å². The predicted octanol–water partition coefficient (Wildman–Crippen LogP) is 2.60. The zero-order chi connectivity index (χ0) is 14.8.